The van der Waals surface area contributed by atoms with Crippen molar-refractivity contribution in [1.29, 1.82) is 0 Å². The topological polar surface area (TPSA) is 72.9 Å². The van der Waals surface area contributed by atoms with Crippen LogP contribution >= 0.6 is 0 Å². The molecule has 2 atom stereocenters. The minimum atomic E-state index is -3.68. The molecular formula is C15H29NO5S. The summed E-state index contributed by atoms with van der Waals surface area (Å²) >= 11 is 0. The van der Waals surface area contributed by atoms with Gasteiger partial charge < -0.3 is 4.74 Å². The fraction of sp³-hybridized carbons (Fsp3) is 0.933. The Bertz CT molecular complexity index is 469. The highest BCUT2D eigenvalue weighted by Crippen LogP contribution is 2.25. The zero-order valence-electron chi connectivity index (χ0n) is 14.3. The first-order valence-corrected chi connectivity index (χ1v) is 9.49. The van der Waals surface area contributed by atoms with Gasteiger partial charge in [-0.1, -0.05) is 20.3 Å². The number of rotatable bonds is 6. The lowest BCUT2D eigenvalue weighted by atomic mass is 10.2. The van der Waals surface area contributed by atoms with Crippen molar-refractivity contribution in [3.8, 4) is 0 Å². The van der Waals surface area contributed by atoms with Gasteiger partial charge in [0.2, 0.25) is 0 Å². The van der Waals surface area contributed by atoms with Crippen molar-refractivity contribution < 1.29 is 22.1 Å². The number of nitrogens with zero attached hydrogens (tertiary/aromatic N) is 1. The van der Waals surface area contributed by atoms with Crippen LogP contribution < -0.4 is 0 Å². The van der Waals surface area contributed by atoms with E-state index in [1.807, 2.05) is 13.8 Å². The fourth-order valence-electron chi connectivity index (χ4n) is 2.47. The van der Waals surface area contributed by atoms with Crippen LogP contribution in [0.1, 0.15) is 66.7 Å². The van der Waals surface area contributed by atoms with Gasteiger partial charge in [0.15, 0.2) is 6.23 Å². The number of carbonyl (C=O) groups is 1. The van der Waals surface area contributed by atoms with Crippen molar-refractivity contribution in [3.05, 3.63) is 0 Å². The Morgan fingerprint density at radius 2 is 1.95 bits per heavy atom. The minimum Gasteiger partial charge on any atom is -0.444 e. The van der Waals surface area contributed by atoms with E-state index in [0.717, 1.165) is 6.42 Å². The Hall–Kier alpha value is -0.820. The van der Waals surface area contributed by atoms with Crippen molar-refractivity contribution in [2.45, 2.75) is 83.8 Å². The van der Waals surface area contributed by atoms with Crippen LogP contribution in [0, 0.1) is 0 Å². The van der Waals surface area contributed by atoms with Gasteiger partial charge in [-0.3, -0.25) is 4.90 Å². The maximum atomic E-state index is 12.4. The van der Waals surface area contributed by atoms with E-state index in [-0.39, 0.29) is 0 Å². The van der Waals surface area contributed by atoms with Crippen molar-refractivity contribution in [1.82, 2.24) is 4.90 Å². The van der Waals surface area contributed by atoms with Crippen LogP contribution in [0.3, 0.4) is 0 Å². The molecule has 0 N–H and O–H groups in total. The molecule has 0 bridgehead atoms. The van der Waals surface area contributed by atoms with Crippen LogP contribution in [0.25, 0.3) is 0 Å². The summed E-state index contributed by atoms with van der Waals surface area (Å²) in [6.45, 7) is 9.58. The van der Waals surface area contributed by atoms with E-state index >= 15 is 0 Å². The molecule has 1 heterocycles. The predicted molar refractivity (Wildman–Crippen MR) is 85.0 cm³/mol. The van der Waals surface area contributed by atoms with Crippen molar-refractivity contribution in [3.63, 3.8) is 0 Å². The van der Waals surface area contributed by atoms with E-state index < -0.39 is 33.3 Å². The summed E-state index contributed by atoms with van der Waals surface area (Å²) in [5, 5.41) is -0.515. The molecule has 1 amide bonds. The smallest absolute Gasteiger partial charge is 0.412 e. The summed E-state index contributed by atoms with van der Waals surface area (Å²) in [6.07, 6.45) is 1.82. The third-order valence-corrected chi connectivity index (χ3v) is 5.42. The van der Waals surface area contributed by atoms with Gasteiger partial charge in [0.05, 0.1) is 5.25 Å². The van der Waals surface area contributed by atoms with E-state index in [2.05, 4.69) is 0 Å². The zero-order valence-corrected chi connectivity index (χ0v) is 15.1. The van der Waals surface area contributed by atoms with Gasteiger partial charge in [0.25, 0.3) is 10.1 Å². The van der Waals surface area contributed by atoms with Gasteiger partial charge in [-0.2, -0.15) is 8.42 Å². The standard InChI is InChI=1S/C15H29NO5S/c1-6-9-12(7-2)22(18,19)21-13-10-8-11-16(13)14(17)20-15(3,4)5/h12-13H,6-11H2,1-5H3. The predicted octanol–water partition coefficient (Wildman–Crippen LogP) is 3.27. The average Bonchev–Trinajstić information content (AvgIpc) is 2.80. The highest BCUT2D eigenvalue weighted by molar-refractivity contribution is 7.87. The fourth-order valence-corrected chi connectivity index (χ4v) is 4.07. The zero-order chi connectivity index (χ0) is 17.0. The molecule has 7 heteroatoms. The first kappa shape index (κ1) is 19.2. The average molecular weight is 335 g/mol. The molecule has 22 heavy (non-hydrogen) atoms. The summed E-state index contributed by atoms with van der Waals surface area (Å²) in [5.74, 6) is 0. The molecule has 0 aromatic heterocycles. The maximum absolute atomic E-state index is 12.4. The second-order valence-electron chi connectivity index (χ2n) is 6.68. The van der Waals surface area contributed by atoms with Gasteiger partial charge >= 0.3 is 6.09 Å². The summed E-state index contributed by atoms with van der Waals surface area (Å²) in [5.41, 5.74) is -0.614. The molecule has 0 spiro atoms. The van der Waals surface area contributed by atoms with Gasteiger partial charge in [-0.15, -0.1) is 0 Å². The minimum absolute atomic E-state index is 0.458. The Balaban J connectivity index is 2.77. The quantitative estimate of drug-likeness (QED) is 0.697. The molecule has 6 nitrogen and oxygen atoms in total. The van der Waals surface area contributed by atoms with Gasteiger partial charge in [0, 0.05) is 6.54 Å². The molecule has 1 aliphatic rings. The molecule has 0 aromatic rings. The van der Waals surface area contributed by atoms with Crippen molar-refractivity contribution >= 4 is 16.2 Å². The summed E-state index contributed by atoms with van der Waals surface area (Å²) < 4.78 is 35.4. The molecule has 0 radical (unpaired) electrons. The second kappa shape index (κ2) is 7.64. The highest BCUT2D eigenvalue weighted by Gasteiger charge is 2.37. The Morgan fingerprint density at radius 1 is 1.32 bits per heavy atom. The summed E-state index contributed by atoms with van der Waals surface area (Å²) in [6, 6.07) is 0. The molecule has 0 aliphatic carbocycles. The Kier molecular flexibility index (Phi) is 6.67. The second-order valence-corrected chi connectivity index (χ2v) is 8.52. The van der Waals surface area contributed by atoms with Crippen LogP contribution in [0.15, 0.2) is 0 Å². The molecule has 1 aliphatic heterocycles. The number of ether oxygens (including phenoxy) is 1. The van der Waals surface area contributed by atoms with Gasteiger partial charge in [0.1, 0.15) is 5.60 Å². The lowest BCUT2D eigenvalue weighted by molar-refractivity contribution is -0.00358. The monoisotopic (exact) mass is 335 g/mol. The summed E-state index contributed by atoms with van der Waals surface area (Å²) in [4.78, 5) is 13.5. The number of hydrogen-bond acceptors (Lipinski definition) is 5. The van der Waals surface area contributed by atoms with E-state index in [4.69, 9.17) is 8.92 Å². The first-order chi connectivity index (χ1) is 10.1. The van der Waals surface area contributed by atoms with Crippen LogP contribution in [-0.2, 0) is 19.0 Å². The first-order valence-electron chi connectivity index (χ1n) is 8.02. The van der Waals surface area contributed by atoms with Crippen LogP contribution in [0.4, 0.5) is 4.79 Å². The molecule has 130 valence electrons. The van der Waals surface area contributed by atoms with E-state index in [1.165, 1.54) is 4.90 Å². The van der Waals surface area contributed by atoms with E-state index in [0.29, 0.717) is 32.2 Å². The van der Waals surface area contributed by atoms with Gasteiger partial charge in [-0.25, -0.2) is 8.98 Å². The Labute approximate surface area is 134 Å². The summed E-state index contributed by atoms with van der Waals surface area (Å²) in [7, 11) is -3.68. The number of hydrogen-bond donors (Lipinski definition) is 0. The van der Waals surface area contributed by atoms with Crippen molar-refractivity contribution in [2.24, 2.45) is 0 Å². The van der Waals surface area contributed by atoms with E-state index in [1.54, 1.807) is 20.8 Å². The highest BCUT2D eigenvalue weighted by atomic mass is 32.2. The Morgan fingerprint density at radius 3 is 2.45 bits per heavy atom. The molecule has 0 aromatic carbocycles. The maximum Gasteiger partial charge on any atom is 0.412 e. The molecule has 0 saturated carbocycles. The lowest BCUT2D eigenvalue weighted by Gasteiger charge is -2.29. The SMILES string of the molecule is CCCC(CC)S(=O)(=O)OC1CCCN1C(=O)OC(C)(C)C. The third kappa shape index (κ3) is 5.43. The number of likely N-dealkylation sites (tertiary alicyclic amines) is 1. The molecule has 1 rings (SSSR count). The largest absolute Gasteiger partial charge is 0.444 e. The van der Waals surface area contributed by atoms with Crippen LogP contribution in [0.2, 0.25) is 0 Å². The van der Waals surface area contributed by atoms with Gasteiger partial charge in [-0.05, 0) is 46.5 Å². The molecule has 2 unspecified atom stereocenters. The third-order valence-electron chi connectivity index (χ3n) is 3.55. The van der Waals surface area contributed by atoms with Crippen LogP contribution in [-0.4, -0.2) is 43.0 Å². The number of amides is 1. The molecule has 1 saturated heterocycles. The normalized spacial score (nSPS) is 21.0. The lowest BCUT2D eigenvalue weighted by Crippen LogP contribution is -2.42. The molecule has 1 fully saturated rings. The van der Waals surface area contributed by atoms with Crippen LogP contribution in [0.5, 0.6) is 0 Å². The van der Waals surface area contributed by atoms with E-state index in [9.17, 15) is 13.2 Å². The number of carbonyl (C=O) groups excluding carboxylic acids is 1. The van der Waals surface area contributed by atoms with Crippen molar-refractivity contribution in [2.75, 3.05) is 6.54 Å². The molecular weight excluding hydrogens is 306 g/mol.